The normalized spacial score (nSPS) is 12.1. The Balaban J connectivity index is 1.86. The smallest absolute Gasteiger partial charge is 0.306 e. The Bertz CT molecular complexity index is 1710. The van der Waals surface area contributed by atoms with Gasteiger partial charge in [-0.1, -0.05) is 35.3 Å². The second-order valence-electron chi connectivity index (χ2n) is 7.46. The van der Waals surface area contributed by atoms with Crippen molar-refractivity contribution in [3.8, 4) is 0 Å². The molecule has 0 saturated carbocycles. The Hall–Kier alpha value is -2.99. The van der Waals surface area contributed by atoms with Gasteiger partial charge in [-0.2, -0.15) is 0 Å². The molecule has 4 N–H and O–H groups in total. The highest BCUT2D eigenvalue weighted by Gasteiger charge is 2.26. The highest BCUT2D eigenvalue weighted by atomic mass is 35.5. The van der Waals surface area contributed by atoms with Crippen LogP contribution in [0.5, 0.6) is 0 Å². The molecule has 178 valence electrons. The van der Waals surface area contributed by atoms with Gasteiger partial charge in [0.05, 0.1) is 27.3 Å². The fourth-order valence-corrected chi connectivity index (χ4v) is 6.22. The number of fused-ring (bicyclic) bond motifs is 1. The molecule has 4 rings (SSSR count). The van der Waals surface area contributed by atoms with Crippen molar-refractivity contribution >= 4 is 65.7 Å². The third kappa shape index (κ3) is 4.51. The number of hydrogen-bond donors (Lipinski definition) is 4. The third-order valence-corrected chi connectivity index (χ3v) is 8.74. The van der Waals surface area contributed by atoms with E-state index in [4.69, 9.17) is 23.2 Å². The molecule has 0 saturated heterocycles. The molecule has 34 heavy (non-hydrogen) atoms. The van der Waals surface area contributed by atoms with Crippen molar-refractivity contribution in [2.45, 2.75) is 23.6 Å². The van der Waals surface area contributed by atoms with E-state index in [9.17, 15) is 21.6 Å². The lowest BCUT2D eigenvalue weighted by Crippen LogP contribution is -2.17. The van der Waals surface area contributed by atoms with Crippen molar-refractivity contribution in [1.82, 2.24) is 9.97 Å². The number of nitrogens with one attached hydrogen (secondary N) is 4. The zero-order valence-electron chi connectivity index (χ0n) is 17.7. The predicted octanol–water partition coefficient (Wildman–Crippen LogP) is 4.38. The number of imidazole rings is 1. The van der Waals surface area contributed by atoms with Gasteiger partial charge < -0.3 is 9.97 Å². The molecule has 0 aliphatic heterocycles. The maximum absolute atomic E-state index is 13.3. The second-order valence-corrected chi connectivity index (χ2v) is 11.6. The lowest BCUT2D eigenvalue weighted by atomic mass is 10.2. The van der Waals surface area contributed by atoms with Gasteiger partial charge >= 0.3 is 5.69 Å². The standard InChI is InChI=1S/C21H18Cl2N4O5S2/c1-11-14(22)5-3-7-16(11)26-33(29,30)13-9-18-20(25-21(28)24-18)19(10-13)34(31,32)27-17-8-4-6-15(23)12(17)2/h3-10,26-27H,1-2H3,(H2,24,25,28). The predicted molar refractivity (Wildman–Crippen MR) is 133 cm³/mol. The summed E-state index contributed by atoms with van der Waals surface area (Å²) >= 11 is 12.2. The van der Waals surface area contributed by atoms with Crippen molar-refractivity contribution in [3.05, 3.63) is 80.2 Å². The largest absolute Gasteiger partial charge is 0.323 e. The topological polar surface area (TPSA) is 141 Å². The zero-order valence-corrected chi connectivity index (χ0v) is 20.9. The van der Waals surface area contributed by atoms with Gasteiger partial charge in [0.1, 0.15) is 4.90 Å². The van der Waals surface area contributed by atoms with E-state index in [-0.39, 0.29) is 27.3 Å². The maximum atomic E-state index is 13.3. The third-order valence-electron chi connectivity index (χ3n) is 5.19. The van der Waals surface area contributed by atoms with Crippen molar-refractivity contribution in [3.63, 3.8) is 0 Å². The summed E-state index contributed by atoms with van der Waals surface area (Å²) in [6.07, 6.45) is 0. The number of benzene rings is 3. The average Bonchev–Trinajstić information content (AvgIpc) is 3.13. The van der Waals surface area contributed by atoms with Crippen LogP contribution in [0.15, 0.2) is 63.1 Å². The molecule has 1 heterocycles. The van der Waals surface area contributed by atoms with Gasteiger partial charge in [0.15, 0.2) is 0 Å². The molecule has 0 radical (unpaired) electrons. The quantitative estimate of drug-likeness (QED) is 0.287. The fourth-order valence-electron chi connectivity index (χ4n) is 3.29. The molecule has 0 spiro atoms. The van der Waals surface area contributed by atoms with E-state index in [2.05, 4.69) is 19.4 Å². The van der Waals surface area contributed by atoms with Crippen LogP contribution in [0.4, 0.5) is 11.4 Å². The summed E-state index contributed by atoms with van der Waals surface area (Å²) in [6, 6.07) is 11.5. The summed E-state index contributed by atoms with van der Waals surface area (Å²) in [4.78, 5) is 15.9. The number of aromatic nitrogens is 2. The molecule has 0 atom stereocenters. The number of rotatable bonds is 6. The first-order valence-corrected chi connectivity index (χ1v) is 13.4. The molecule has 0 unspecified atom stereocenters. The molecule has 1 aromatic heterocycles. The van der Waals surface area contributed by atoms with Crippen LogP contribution in [-0.4, -0.2) is 26.8 Å². The lowest BCUT2D eigenvalue weighted by Gasteiger charge is -2.14. The van der Waals surface area contributed by atoms with E-state index < -0.39 is 30.6 Å². The monoisotopic (exact) mass is 540 g/mol. The van der Waals surface area contributed by atoms with Crippen LogP contribution in [-0.2, 0) is 20.0 Å². The first-order valence-electron chi connectivity index (χ1n) is 9.71. The van der Waals surface area contributed by atoms with Crippen LogP contribution in [0.2, 0.25) is 10.0 Å². The highest BCUT2D eigenvalue weighted by molar-refractivity contribution is 7.93. The Labute approximate surface area is 205 Å². The molecule has 0 aliphatic carbocycles. The van der Waals surface area contributed by atoms with Gasteiger partial charge in [-0.05, 0) is 61.4 Å². The molecule has 3 aromatic carbocycles. The number of H-pyrrole nitrogens is 2. The molecular formula is C21H18Cl2N4O5S2. The Morgan fingerprint density at radius 3 is 1.85 bits per heavy atom. The van der Waals surface area contributed by atoms with Gasteiger partial charge in [-0.25, -0.2) is 21.6 Å². The summed E-state index contributed by atoms with van der Waals surface area (Å²) in [5, 5.41) is 0.702. The van der Waals surface area contributed by atoms with Crippen LogP contribution in [0.1, 0.15) is 11.1 Å². The van der Waals surface area contributed by atoms with Crippen LogP contribution in [0.25, 0.3) is 11.0 Å². The summed E-state index contributed by atoms with van der Waals surface area (Å²) in [5.74, 6) is 0. The minimum atomic E-state index is -4.35. The first-order chi connectivity index (χ1) is 15.9. The molecule has 0 bridgehead atoms. The van der Waals surface area contributed by atoms with Gasteiger partial charge in [0.25, 0.3) is 20.0 Å². The molecule has 13 heteroatoms. The second kappa shape index (κ2) is 8.66. The van der Waals surface area contributed by atoms with Gasteiger partial charge in [-0.15, -0.1) is 0 Å². The number of anilines is 2. The van der Waals surface area contributed by atoms with E-state index in [1.165, 1.54) is 18.2 Å². The van der Waals surface area contributed by atoms with Crippen LogP contribution >= 0.6 is 23.2 Å². The first kappa shape index (κ1) is 24.1. The van der Waals surface area contributed by atoms with Crippen molar-refractivity contribution in [1.29, 1.82) is 0 Å². The minimum Gasteiger partial charge on any atom is -0.306 e. The van der Waals surface area contributed by atoms with Crippen molar-refractivity contribution in [2.75, 3.05) is 9.44 Å². The average molecular weight is 541 g/mol. The molecule has 4 aromatic rings. The van der Waals surface area contributed by atoms with E-state index >= 15 is 0 Å². The summed E-state index contributed by atoms with van der Waals surface area (Å²) in [5.41, 5.74) is 0.641. The molecule has 0 aliphatic rings. The molecular weight excluding hydrogens is 523 g/mol. The molecule has 9 nitrogen and oxygen atoms in total. The van der Waals surface area contributed by atoms with E-state index in [0.717, 1.165) is 6.07 Å². The summed E-state index contributed by atoms with van der Waals surface area (Å²) < 4.78 is 57.8. The SMILES string of the molecule is Cc1c(Cl)cccc1NS(=O)(=O)c1cc(S(=O)(=O)Nc2cccc(Cl)c2C)c2[nH]c(=O)[nH]c2c1. The van der Waals surface area contributed by atoms with Gasteiger partial charge in [-0.3, -0.25) is 9.44 Å². The Kier molecular flexibility index (Phi) is 6.15. The van der Waals surface area contributed by atoms with E-state index in [1.54, 1.807) is 38.1 Å². The molecule has 0 amide bonds. The van der Waals surface area contributed by atoms with E-state index in [0.29, 0.717) is 21.2 Å². The Morgan fingerprint density at radius 2 is 1.29 bits per heavy atom. The van der Waals surface area contributed by atoms with E-state index in [1.807, 2.05) is 0 Å². The van der Waals surface area contributed by atoms with Gasteiger partial charge in [0, 0.05) is 10.0 Å². The number of aromatic amines is 2. The van der Waals surface area contributed by atoms with Crippen LogP contribution < -0.4 is 15.1 Å². The van der Waals surface area contributed by atoms with Gasteiger partial charge in [0.2, 0.25) is 0 Å². The summed E-state index contributed by atoms with van der Waals surface area (Å²) in [6.45, 7) is 3.27. The number of hydrogen-bond acceptors (Lipinski definition) is 5. The maximum Gasteiger partial charge on any atom is 0.323 e. The van der Waals surface area contributed by atoms with Crippen molar-refractivity contribution in [2.24, 2.45) is 0 Å². The molecule has 0 fully saturated rings. The van der Waals surface area contributed by atoms with Crippen LogP contribution in [0.3, 0.4) is 0 Å². The highest BCUT2D eigenvalue weighted by Crippen LogP contribution is 2.31. The number of halogens is 2. The summed E-state index contributed by atoms with van der Waals surface area (Å²) in [7, 11) is -8.61. The van der Waals surface area contributed by atoms with Crippen molar-refractivity contribution < 1.29 is 16.8 Å². The fraction of sp³-hybridized carbons (Fsp3) is 0.0952. The zero-order chi connectivity index (χ0) is 24.8. The van der Waals surface area contributed by atoms with Crippen LogP contribution in [0, 0.1) is 13.8 Å². The number of sulfonamides is 2. The lowest BCUT2D eigenvalue weighted by molar-refractivity contribution is 0.600. The Morgan fingerprint density at radius 1 is 0.765 bits per heavy atom. The minimum absolute atomic E-state index is 0.00104.